The molecule has 0 saturated heterocycles. The Bertz CT molecular complexity index is 900. The van der Waals surface area contributed by atoms with E-state index >= 15 is 0 Å². The predicted molar refractivity (Wildman–Crippen MR) is 103 cm³/mol. The molecule has 2 amide bonds. The Kier molecular flexibility index (Phi) is 4.73. The van der Waals surface area contributed by atoms with E-state index < -0.39 is 0 Å². The number of carbonyl (C=O) groups is 3. The molecule has 7 heteroatoms. The van der Waals surface area contributed by atoms with E-state index in [2.05, 4.69) is 10.6 Å². The minimum Gasteiger partial charge on any atom is -0.482 e. The van der Waals surface area contributed by atoms with Crippen LogP contribution in [0.1, 0.15) is 36.8 Å². The molecule has 0 bridgehead atoms. The van der Waals surface area contributed by atoms with E-state index in [0.29, 0.717) is 29.3 Å². The fourth-order valence-electron chi connectivity index (χ4n) is 3.58. The minimum absolute atomic E-state index is 0.0420. The lowest BCUT2D eigenvalue weighted by Crippen LogP contribution is -2.28. The van der Waals surface area contributed by atoms with Crippen LogP contribution in [0.5, 0.6) is 11.5 Å². The highest BCUT2D eigenvalue weighted by molar-refractivity contribution is 5.98. The van der Waals surface area contributed by atoms with Gasteiger partial charge in [-0.2, -0.15) is 0 Å². The summed E-state index contributed by atoms with van der Waals surface area (Å²) in [6.07, 6.45) is 0.626. The summed E-state index contributed by atoms with van der Waals surface area (Å²) in [5.41, 5.74) is 2.66. The zero-order chi connectivity index (χ0) is 19.7. The Morgan fingerprint density at radius 2 is 1.43 bits per heavy atom. The molecule has 2 aromatic rings. The van der Waals surface area contributed by atoms with Crippen molar-refractivity contribution in [2.24, 2.45) is 0 Å². The van der Waals surface area contributed by atoms with E-state index in [1.807, 2.05) is 31.2 Å². The summed E-state index contributed by atoms with van der Waals surface area (Å²) in [6, 6.07) is 11.0. The number of hydrogen-bond donors (Lipinski definition) is 2. The van der Waals surface area contributed by atoms with Crippen molar-refractivity contribution in [1.29, 1.82) is 0 Å². The van der Waals surface area contributed by atoms with Crippen LogP contribution in [0.2, 0.25) is 0 Å². The lowest BCUT2D eigenvalue weighted by atomic mass is 9.84. The maximum atomic E-state index is 12.4. The molecular weight excluding hydrogens is 360 g/mol. The predicted octanol–water partition coefficient (Wildman–Crippen LogP) is 2.85. The van der Waals surface area contributed by atoms with Gasteiger partial charge in [0.25, 0.3) is 11.8 Å². The third-order valence-electron chi connectivity index (χ3n) is 4.94. The van der Waals surface area contributed by atoms with Crippen molar-refractivity contribution in [2.45, 2.75) is 25.7 Å². The average Bonchev–Trinajstić information content (AvgIpc) is 2.71. The van der Waals surface area contributed by atoms with Crippen molar-refractivity contribution in [3.8, 4) is 11.5 Å². The third kappa shape index (κ3) is 3.31. The second-order valence-electron chi connectivity index (χ2n) is 6.76. The van der Waals surface area contributed by atoms with Gasteiger partial charge in [-0.15, -0.1) is 0 Å². The van der Waals surface area contributed by atoms with Crippen molar-refractivity contribution in [3.63, 3.8) is 0 Å². The molecule has 28 heavy (non-hydrogen) atoms. The van der Waals surface area contributed by atoms with Gasteiger partial charge in [-0.3, -0.25) is 14.4 Å². The smallest absolute Gasteiger partial charge is 0.262 e. The Morgan fingerprint density at radius 3 is 1.89 bits per heavy atom. The molecule has 2 N–H and O–H groups in total. The number of rotatable bonds is 5. The van der Waals surface area contributed by atoms with Gasteiger partial charge >= 0.3 is 0 Å². The van der Waals surface area contributed by atoms with Gasteiger partial charge in [-0.05, 0) is 23.3 Å². The molecule has 0 aromatic heterocycles. The van der Waals surface area contributed by atoms with Crippen LogP contribution in [-0.2, 0) is 14.4 Å². The van der Waals surface area contributed by atoms with E-state index in [9.17, 15) is 14.4 Å². The number of carbonyl (C=O) groups excluding carboxylic acids is 3. The molecule has 2 heterocycles. The molecule has 0 spiro atoms. The Balaban J connectivity index is 1.86. The first-order valence-corrected chi connectivity index (χ1v) is 9.19. The highest BCUT2D eigenvalue weighted by Crippen LogP contribution is 2.44. The van der Waals surface area contributed by atoms with Crippen LogP contribution in [0, 0.1) is 0 Å². The highest BCUT2D eigenvalue weighted by Gasteiger charge is 2.30. The molecule has 0 aliphatic carbocycles. The van der Waals surface area contributed by atoms with Crippen LogP contribution >= 0.6 is 0 Å². The van der Waals surface area contributed by atoms with Gasteiger partial charge in [0.15, 0.2) is 13.2 Å². The van der Waals surface area contributed by atoms with Gasteiger partial charge in [0.2, 0.25) is 0 Å². The van der Waals surface area contributed by atoms with E-state index in [4.69, 9.17) is 9.47 Å². The van der Waals surface area contributed by atoms with Crippen molar-refractivity contribution >= 4 is 29.0 Å². The molecule has 0 fully saturated rings. The first-order chi connectivity index (χ1) is 13.6. The van der Waals surface area contributed by atoms with E-state index in [0.717, 1.165) is 11.1 Å². The molecule has 2 aliphatic heterocycles. The molecule has 7 nitrogen and oxygen atoms in total. The highest BCUT2D eigenvalue weighted by atomic mass is 16.5. The maximum Gasteiger partial charge on any atom is 0.262 e. The molecule has 0 unspecified atom stereocenters. The van der Waals surface area contributed by atoms with Gasteiger partial charge in [0.05, 0.1) is 11.4 Å². The number of para-hydroxylation sites is 2. The molecule has 144 valence electrons. The molecular formula is C21H20N2O5. The molecule has 0 saturated carbocycles. The van der Waals surface area contributed by atoms with Gasteiger partial charge in [-0.1, -0.05) is 31.2 Å². The number of hydrogen-bond acceptors (Lipinski definition) is 5. The van der Waals surface area contributed by atoms with Crippen LogP contribution in [0.3, 0.4) is 0 Å². The number of benzene rings is 2. The number of nitrogens with one attached hydrogen (secondary N) is 2. The normalized spacial score (nSPS) is 14.9. The number of fused-ring (bicyclic) bond motifs is 2. The summed E-state index contributed by atoms with van der Waals surface area (Å²) in [5.74, 6) is 0.347. The Morgan fingerprint density at radius 1 is 0.929 bits per heavy atom. The summed E-state index contributed by atoms with van der Waals surface area (Å²) >= 11 is 0. The average molecular weight is 380 g/mol. The Hall–Kier alpha value is -3.35. The summed E-state index contributed by atoms with van der Waals surface area (Å²) in [7, 11) is 0. The van der Waals surface area contributed by atoms with Crippen LogP contribution in [0.15, 0.2) is 36.4 Å². The largest absolute Gasteiger partial charge is 0.482 e. The van der Waals surface area contributed by atoms with Crippen molar-refractivity contribution in [1.82, 2.24) is 0 Å². The minimum atomic E-state index is -0.374. The first-order valence-electron chi connectivity index (χ1n) is 9.19. The first kappa shape index (κ1) is 18.0. The molecule has 2 aliphatic rings. The van der Waals surface area contributed by atoms with Crippen molar-refractivity contribution < 1.29 is 23.9 Å². The number of ether oxygens (including phenoxy) is 2. The number of amides is 2. The molecule has 2 aromatic carbocycles. The van der Waals surface area contributed by atoms with Gasteiger partial charge in [0.1, 0.15) is 17.3 Å². The van der Waals surface area contributed by atoms with Crippen LogP contribution in [0.4, 0.5) is 11.4 Å². The quantitative estimate of drug-likeness (QED) is 0.832. The third-order valence-corrected chi connectivity index (χ3v) is 4.94. The monoisotopic (exact) mass is 380 g/mol. The van der Waals surface area contributed by atoms with Gasteiger partial charge in [0, 0.05) is 18.8 Å². The fourth-order valence-corrected chi connectivity index (χ4v) is 3.58. The van der Waals surface area contributed by atoms with Crippen molar-refractivity contribution in [3.05, 3.63) is 47.5 Å². The van der Waals surface area contributed by atoms with Crippen LogP contribution in [-0.4, -0.2) is 30.8 Å². The van der Waals surface area contributed by atoms with Crippen LogP contribution in [0.25, 0.3) is 0 Å². The number of anilines is 2. The SMILES string of the molecule is CCC(=O)CC(c1cccc2c1NC(=O)CO2)c1cccc2c1NC(=O)CO2. The summed E-state index contributed by atoms with van der Waals surface area (Å²) < 4.78 is 11.1. The molecule has 4 rings (SSSR count). The summed E-state index contributed by atoms with van der Waals surface area (Å²) in [6.45, 7) is 1.73. The lowest BCUT2D eigenvalue weighted by Gasteiger charge is -2.28. The number of ketones is 1. The second kappa shape index (κ2) is 7.34. The summed E-state index contributed by atoms with van der Waals surface area (Å²) in [4.78, 5) is 36.2. The van der Waals surface area contributed by atoms with E-state index in [1.54, 1.807) is 12.1 Å². The van der Waals surface area contributed by atoms with E-state index in [-0.39, 0.29) is 43.2 Å². The second-order valence-corrected chi connectivity index (χ2v) is 6.76. The zero-order valence-corrected chi connectivity index (χ0v) is 15.4. The fraction of sp³-hybridized carbons (Fsp3) is 0.286. The number of Topliss-reactive ketones (excluding diaryl/α,β-unsaturated/α-hetero) is 1. The van der Waals surface area contributed by atoms with Crippen molar-refractivity contribution in [2.75, 3.05) is 23.8 Å². The Labute approximate surface area is 162 Å². The van der Waals surface area contributed by atoms with Gasteiger partial charge in [-0.25, -0.2) is 0 Å². The topological polar surface area (TPSA) is 93.7 Å². The van der Waals surface area contributed by atoms with Gasteiger partial charge < -0.3 is 20.1 Å². The maximum absolute atomic E-state index is 12.4. The molecule has 0 atom stereocenters. The summed E-state index contributed by atoms with van der Waals surface area (Å²) in [5, 5.41) is 5.73. The van der Waals surface area contributed by atoms with E-state index in [1.165, 1.54) is 0 Å². The van der Waals surface area contributed by atoms with Crippen LogP contribution < -0.4 is 20.1 Å². The standard InChI is InChI=1S/C21H20N2O5/c1-2-12(24)9-15(13-5-3-7-16-20(13)22-18(25)10-27-16)14-6-4-8-17-21(14)23-19(26)11-28-17/h3-8,15H,2,9-11H2,1H3,(H,22,25)(H,23,26). The molecule has 0 radical (unpaired) electrons. The lowest BCUT2D eigenvalue weighted by molar-refractivity contribution is -0.119. The zero-order valence-electron chi connectivity index (χ0n) is 15.4.